The highest BCUT2D eigenvalue weighted by atomic mass is 19.1. The molecular weight excluding hydrogens is 345 g/mol. The maximum absolute atomic E-state index is 13.6. The van der Waals surface area contributed by atoms with Gasteiger partial charge in [0.2, 0.25) is 0 Å². The lowest BCUT2D eigenvalue weighted by molar-refractivity contribution is 0.101. The van der Waals surface area contributed by atoms with Crippen molar-refractivity contribution in [1.82, 2.24) is 0 Å². The summed E-state index contributed by atoms with van der Waals surface area (Å²) in [4.78, 5) is 24.5. The van der Waals surface area contributed by atoms with Gasteiger partial charge in [0.15, 0.2) is 0 Å². The van der Waals surface area contributed by atoms with E-state index in [2.05, 4.69) is 10.6 Å². The molecule has 132 valence electrons. The first-order valence-corrected chi connectivity index (χ1v) is 8.05. The molecule has 0 saturated carbocycles. The predicted octanol–water partition coefficient (Wildman–Crippen LogP) is 4.20. The molecule has 0 saturated heterocycles. The van der Waals surface area contributed by atoms with Gasteiger partial charge in [-0.3, -0.25) is 9.59 Å². The number of nitrogens with one attached hydrogen (secondary N) is 2. The number of carbonyl (C=O) groups is 2. The average molecular weight is 359 g/mol. The van der Waals surface area contributed by atoms with Crippen molar-refractivity contribution in [3.8, 4) is 6.07 Å². The SMILES string of the molecule is N#Cc1ccccc1NC(=O)c1ccc(C(=O)Nc2ccccc2F)cc1. The van der Waals surface area contributed by atoms with Gasteiger partial charge in [0.05, 0.1) is 16.9 Å². The van der Waals surface area contributed by atoms with Gasteiger partial charge >= 0.3 is 0 Å². The highest BCUT2D eigenvalue weighted by molar-refractivity contribution is 6.07. The highest BCUT2D eigenvalue weighted by Crippen LogP contribution is 2.17. The normalized spacial score (nSPS) is 9.93. The summed E-state index contributed by atoms with van der Waals surface area (Å²) in [5.41, 5.74) is 1.45. The maximum Gasteiger partial charge on any atom is 0.255 e. The van der Waals surface area contributed by atoms with Crippen LogP contribution in [0.3, 0.4) is 0 Å². The van der Waals surface area contributed by atoms with Crippen LogP contribution in [0, 0.1) is 17.1 Å². The predicted molar refractivity (Wildman–Crippen MR) is 99.9 cm³/mol. The van der Waals surface area contributed by atoms with Crippen molar-refractivity contribution < 1.29 is 14.0 Å². The molecule has 0 aliphatic carbocycles. The summed E-state index contributed by atoms with van der Waals surface area (Å²) in [6.45, 7) is 0. The van der Waals surface area contributed by atoms with Crippen LogP contribution in [-0.4, -0.2) is 11.8 Å². The lowest BCUT2D eigenvalue weighted by atomic mass is 10.1. The lowest BCUT2D eigenvalue weighted by Gasteiger charge is -2.08. The molecule has 27 heavy (non-hydrogen) atoms. The number of rotatable bonds is 4. The smallest absolute Gasteiger partial charge is 0.255 e. The van der Waals surface area contributed by atoms with Crippen molar-refractivity contribution in [2.75, 3.05) is 10.6 Å². The monoisotopic (exact) mass is 359 g/mol. The minimum Gasteiger partial charge on any atom is -0.321 e. The van der Waals surface area contributed by atoms with Crippen LogP contribution in [0.25, 0.3) is 0 Å². The van der Waals surface area contributed by atoms with Crippen LogP contribution < -0.4 is 10.6 Å². The molecule has 0 aliphatic rings. The fourth-order valence-corrected chi connectivity index (χ4v) is 2.41. The number of para-hydroxylation sites is 2. The van der Waals surface area contributed by atoms with Crippen LogP contribution in [0.1, 0.15) is 26.3 Å². The number of hydrogen-bond acceptors (Lipinski definition) is 3. The zero-order valence-electron chi connectivity index (χ0n) is 14.1. The van der Waals surface area contributed by atoms with Gasteiger partial charge in [-0.15, -0.1) is 0 Å². The Bertz CT molecular complexity index is 1040. The molecule has 0 heterocycles. The number of anilines is 2. The molecule has 2 amide bonds. The molecule has 3 aromatic rings. The summed E-state index contributed by atoms with van der Waals surface area (Å²) in [5, 5.41) is 14.2. The Morgan fingerprint density at radius 3 is 1.78 bits per heavy atom. The molecule has 0 radical (unpaired) electrons. The van der Waals surface area contributed by atoms with E-state index in [1.54, 1.807) is 30.3 Å². The first kappa shape index (κ1) is 17.8. The number of hydrogen-bond donors (Lipinski definition) is 2. The Morgan fingerprint density at radius 1 is 0.741 bits per heavy atom. The van der Waals surface area contributed by atoms with E-state index in [4.69, 9.17) is 5.26 Å². The minimum absolute atomic E-state index is 0.0810. The zero-order chi connectivity index (χ0) is 19.2. The van der Waals surface area contributed by atoms with E-state index in [-0.39, 0.29) is 11.3 Å². The first-order valence-electron chi connectivity index (χ1n) is 8.05. The standard InChI is InChI=1S/C21H14FN3O2/c22-17-6-2-4-8-19(17)25-21(27)15-11-9-14(10-12-15)20(26)24-18-7-3-1-5-16(18)13-23/h1-12H,(H,24,26)(H,25,27). The Hall–Kier alpha value is -3.98. The molecule has 0 aromatic heterocycles. The van der Waals surface area contributed by atoms with Crippen LogP contribution >= 0.6 is 0 Å². The van der Waals surface area contributed by atoms with Gasteiger partial charge in [-0.1, -0.05) is 24.3 Å². The Kier molecular flexibility index (Phi) is 5.24. The summed E-state index contributed by atoms with van der Waals surface area (Å²) < 4.78 is 13.6. The summed E-state index contributed by atoms with van der Waals surface area (Å²) in [6.07, 6.45) is 0. The number of nitrogens with zero attached hydrogens (tertiary/aromatic N) is 1. The van der Waals surface area contributed by atoms with Crippen molar-refractivity contribution in [2.24, 2.45) is 0 Å². The van der Waals surface area contributed by atoms with Crippen LogP contribution in [0.15, 0.2) is 72.8 Å². The Balaban J connectivity index is 1.71. The Morgan fingerprint density at radius 2 is 1.22 bits per heavy atom. The second-order valence-electron chi connectivity index (χ2n) is 5.62. The molecule has 0 atom stereocenters. The van der Waals surface area contributed by atoms with Crippen molar-refractivity contribution in [3.05, 3.63) is 95.3 Å². The second-order valence-corrected chi connectivity index (χ2v) is 5.62. The van der Waals surface area contributed by atoms with E-state index < -0.39 is 17.6 Å². The third-order valence-corrected chi connectivity index (χ3v) is 3.83. The number of benzene rings is 3. The largest absolute Gasteiger partial charge is 0.321 e. The fraction of sp³-hybridized carbons (Fsp3) is 0. The van der Waals surface area contributed by atoms with Gasteiger partial charge in [-0.05, 0) is 48.5 Å². The quantitative estimate of drug-likeness (QED) is 0.732. The molecule has 3 aromatic carbocycles. The molecule has 3 rings (SSSR count). The fourth-order valence-electron chi connectivity index (χ4n) is 2.41. The van der Waals surface area contributed by atoms with E-state index in [1.807, 2.05) is 6.07 Å². The molecule has 0 aliphatic heterocycles. The topological polar surface area (TPSA) is 82.0 Å². The van der Waals surface area contributed by atoms with Crippen molar-refractivity contribution >= 4 is 23.2 Å². The lowest BCUT2D eigenvalue weighted by Crippen LogP contribution is -2.15. The molecule has 2 N–H and O–H groups in total. The highest BCUT2D eigenvalue weighted by Gasteiger charge is 2.12. The van der Waals surface area contributed by atoms with Gasteiger partial charge in [0, 0.05) is 11.1 Å². The molecule has 0 bridgehead atoms. The van der Waals surface area contributed by atoms with Gasteiger partial charge in [0.25, 0.3) is 11.8 Å². The van der Waals surface area contributed by atoms with Gasteiger partial charge < -0.3 is 10.6 Å². The van der Waals surface area contributed by atoms with E-state index in [0.29, 0.717) is 16.8 Å². The molecular formula is C21H14FN3O2. The molecule has 6 heteroatoms. The van der Waals surface area contributed by atoms with Crippen LogP contribution in [0.2, 0.25) is 0 Å². The summed E-state index contributed by atoms with van der Waals surface area (Å²) in [7, 11) is 0. The molecule has 5 nitrogen and oxygen atoms in total. The summed E-state index contributed by atoms with van der Waals surface area (Å²) >= 11 is 0. The van der Waals surface area contributed by atoms with Crippen molar-refractivity contribution in [1.29, 1.82) is 5.26 Å². The van der Waals surface area contributed by atoms with Crippen molar-refractivity contribution in [2.45, 2.75) is 0 Å². The number of halogens is 1. The summed E-state index contributed by atoms with van der Waals surface area (Å²) in [6, 6.07) is 20.4. The zero-order valence-corrected chi connectivity index (χ0v) is 14.1. The average Bonchev–Trinajstić information content (AvgIpc) is 2.70. The van der Waals surface area contributed by atoms with E-state index in [9.17, 15) is 14.0 Å². The van der Waals surface area contributed by atoms with Crippen LogP contribution in [-0.2, 0) is 0 Å². The third-order valence-electron chi connectivity index (χ3n) is 3.83. The molecule has 0 fully saturated rings. The number of nitriles is 1. The molecule has 0 spiro atoms. The molecule has 0 unspecified atom stereocenters. The van der Waals surface area contributed by atoms with Crippen molar-refractivity contribution in [3.63, 3.8) is 0 Å². The van der Waals surface area contributed by atoms with Crippen LogP contribution in [0.5, 0.6) is 0 Å². The van der Waals surface area contributed by atoms with Gasteiger partial charge in [-0.25, -0.2) is 4.39 Å². The second kappa shape index (κ2) is 7.93. The number of carbonyl (C=O) groups excluding carboxylic acids is 2. The van der Waals surface area contributed by atoms with E-state index in [0.717, 1.165) is 0 Å². The number of amides is 2. The van der Waals surface area contributed by atoms with E-state index >= 15 is 0 Å². The van der Waals surface area contributed by atoms with E-state index in [1.165, 1.54) is 42.5 Å². The minimum atomic E-state index is -0.530. The third kappa shape index (κ3) is 4.17. The Labute approximate surface area is 155 Å². The summed E-state index contributed by atoms with van der Waals surface area (Å²) in [5.74, 6) is -1.42. The van der Waals surface area contributed by atoms with Gasteiger partial charge in [-0.2, -0.15) is 5.26 Å². The van der Waals surface area contributed by atoms with Gasteiger partial charge in [0.1, 0.15) is 11.9 Å². The maximum atomic E-state index is 13.6. The van der Waals surface area contributed by atoms with Crippen LogP contribution in [0.4, 0.5) is 15.8 Å². The first-order chi connectivity index (χ1) is 13.1.